The van der Waals surface area contributed by atoms with Crippen molar-refractivity contribution >= 4 is 17.1 Å². The molecule has 3 heteroatoms. The highest BCUT2D eigenvalue weighted by atomic mass is 32.1. The minimum atomic E-state index is 0.0607. The van der Waals surface area contributed by atoms with Crippen LogP contribution in [0.15, 0.2) is 34.5 Å². The second-order valence-corrected chi connectivity index (χ2v) is 3.89. The predicted octanol–water partition coefficient (Wildman–Crippen LogP) is 3.13. The molecule has 0 unspecified atom stereocenters. The third kappa shape index (κ3) is 1.51. The summed E-state index contributed by atoms with van der Waals surface area (Å²) in [4.78, 5) is 12.7. The van der Waals surface area contributed by atoms with Crippen LogP contribution < -0.4 is 0 Å². The van der Waals surface area contributed by atoms with Crippen LogP contribution in [0.2, 0.25) is 0 Å². The van der Waals surface area contributed by atoms with E-state index in [1.165, 1.54) is 23.9 Å². The molecule has 0 aliphatic rings. The van der Waals surface area contributed by atoms with Crippen molar-refractivity contribution in [3.05, 3.63) is 46.0 Å². The fourth-order valence-electron chi connectivity index (χ4n) is 1.34. The lowest BCUT2D eigenvalue weighted by atomic mass is 10.1. The van der Waals surface area contributed by atoms with Gasteiger partial charge < -0.3 is 4.42 Å². The summed E-state index contributed by atoms with van der Waals surface area (Å²) >= 11 is 1.49. The monoisotopic (exact) mass is 206 g/mol. The van der Waals surface area contributed by atoms with Gasteiger partial charge in [0.25, 0.3) is 0 Å². The van der Waals surface area contributed by atoms with Crippen LogP contribution in [0, 0.1) is 0 Å². The molecular formula is C11H10O2S. The summed E-state index contributed by atoms with van der Waals surface area (Å²) < 4.78 is 4.89. The smallest absolute Gasteiger partial charge is 0.206 e. The fraction of sp³-hybridized carbons (Fsp3) is 0.182. The van der Waals surface area contributed by atoms with Crippen LogP contribution >= 0.6 is 11.3 Å². The van der Waals surface area contributed by atoms with Crippen LogP contribution in [0.5, 0.6) is 0 Å². The Balaban J connectivity index is 2.36. The lowest BCUT2D eigenvalue weighted by molar-refractivity contribution is 0.104. The molecule has 2 rings (SSSR count). The number of ketones is 1. The van der Waals surface area contributed by atoms with E-state index in [0.29, 0.717) is 5.56 Å². The number of hydrogen-bond acceptors (Lipinski definition) is 3. The third-order valence-electron chi connectivity index (χ3n) is 2.12. The average molecular weight is 206 g/mol. The van der Waals surface area contributed by atoms with E-state index in [0.717, 1.165) is 16.9 Å². The van der Waals surface area contributed by atoms with Gasteiger partial charge in [0.15, 0.2) is 0 Å². The Morgan fingerprint density at radius 1 is 1.50 bits per heavy atom. The minimum absolute atomic E-state index is 0.0607. The van der Waals surface area contributed by atoms with E-state index in [4.69, 9.17) is 4.42 Å². The van der Waals surface area contributed by atoms with Gasteiger partial charge in [0.2, 0.25) is 5.78 Å². The van der Waals surface area contributed by atoms with Gasteiger partial charge in [0.1, 0.15) is 6.26 Å². The Kier molecular flexibility index (Phi) is 2.50. The molecule has 0 bridgehead atoms. The van der Waals surface area contributed by atoms with Gasteiger partial charge in [-0.2, -0.15) is 0 Å². The van der Waals surface area contributed by atoms with Gasteiger partial charge in [0.05, 0.1) is 16.7 Å². The van der Waals surface area contributed by atoms with Gasteiger partial charge in [-0.15, -0.1) is 11.3 Å². The van der Waals surface area contributed by atoms with Gasteiger partial charge in [-0.05, 0) is 29.5 Å². The van der Waals surface area contributed by atoms with Crippen LogP contribution in [-0.4, -0.2) is 5.78 Å². The van der Waals surface area contributed by atoms with Crippen molar-refractivity contribution in [2.45, 2.75) is 13.3 Å². The first-order valence-electron chi connectivity index (χ1n) is 4.46. The number of rotatable bonds is 3. The number of furan rings is 1. The summed E-state index contributed by atoms with van der Waals surface area (Å²) in [5, 5.41) is 1.95. The molecule has 0 N–H and O–H groups in total. The minimum Gasteiger partial charge on any atom is -0.472 e. The topological polar surface area (TPSA) is 30.2 Å². The summed E-state index contributed by atoms with van der Waals surface area (Å²) in [6.07, 6.45) is 3.90. The second kappa shape index (κ2) is 3.80. The molecule has 0 spiro atoms. The molecule has 0 atom stereocenters. The first-order valence-corrected chi connectivity index (χ1v) is 5.34. The average Bonchev–Trinajstić information content (AvgIpc) is 2.87. The fourth-order valence-corrected chi connectivity index (χ4v) is 2.30. The van der Waals surface area contributed by atoms with Crippen molar-refractivity contribution in [3.8, 4) is 0 Å². The summed E-state index contributed by atoms with van der Waals surface area (Å²) in [7, 11) is 0. The lowest BCUT2D eigenvalue weighted by Gasteiger charge is -1.96. The van der Waals surface area contributed by atoms with Crippen LogP contribution in [-0.2, 0) is 6.42 Å². The van der Waals surface area contributed by atoms with Crippen molar-refractivity contribution in [1.82, 2.24) is 0 Å². The normalized spacial score (nSPS) is 10.4. The molecule has 0 fully saturated rings. The Morgan fingerprint density at radius 3 is 3.00 bits per heavy atom. The second-order valence-electron chi connectivity index (χ2n) is 2.97. The zero-order valence-corrected chi connectivity index (χ0v) is 8.64. The van der Waals surface area contributed by atoms with Crippen molar-refractivity contribution in [3.63, 3.8) is 0 Å². The molecule has 0 radical (unpaired) electrons. The maximum atomic E-state index is 11.9. The highest BCUT2D eigenvalue weighted by Crippen LogP contribution is 2.21. The Labute approximate surface area is 86.2 Å². The molecule has 2 nitrogen and oxygen atoms in total. The highest BCUT2D eigenvalue weighted by molar-refractivity contribution is 7.12. The number of hydrogen-bond donors (Lipinski definition) is 0. The first kappa shape index (κ1) is 9.21. The quantitative estimate of drug-likeness (QED) is 0.722. The third-order valence-corrected chi connectivity index (χ3v) is 3.07. The number of thiophene rings is 1. The zero-order chi connectivity index (χ0) is 9.97. The van der Waals surface area contributed by atoms with E-state index in [9.17, 15) is 4.79 Å². The van der Waals surface area contributed by atoms with E-state index in [1.807, 2.05) is 18.4 Å². The van der Waals surface area contributed by atoms with Gasteiger partial charge in [-0.25, -0.2) is 0 Å². The number of carbonyl (C=O) groups excluding carboxylic acids is 1. The maximum Gasteiger partial charge on any atom is 0.206 e. The Morgan fingerprint density at radius 2 is 2.36 bits per heavy atom. The molecule has 0 aliphatic carbocycles. The summed E-state index contributed by atoms with van der Waals surface area (Å²) in [5.74, 6) is 0.0607. The molecule has 0 aliphatic heterocycles. The number of aryl methyl sites for hydroxylation is 1. The van der Waals surface area contributed by atoms with Crippen molar-refractivity contribution in [2.75, 3.05) is 0 Å². The molecule has 0 aromatic carbocycles. The SMILES string of the molecule is CCc1ccsc1C(=O)c1ccoc1. The van der Waals surface area contributed by atoms with E-state index >= 15 is 0 Å². The molecular weight excluding hydrogens is 196 g/mol. The van der Waals surface area contributed by atoms with Gasteiger partial charge in [-0.3, -0.25) is 4.79 Å². The van der Waals surface area contributed by atoms with Gasteiger partial charge in [0, 0.05) is 0 Å². The summed E-state index contributed by atoms with van der Waals surface area (Å²) in [6.45, 7) is 2.05. The van der Waals surface area contributed by atoms with E-state index in [-0.39, 0.29) is 5.78 Å². The van der Waals surface area contributed by atoms with Crippen molar-refractivity contribution in [2.24, 2.45) is 0 Å². The summed E-state index contributed by atoms with van der Waals surface area (Å²) in [5.41, 5.74) is 1.74. The van der Waals surface area contributed by atoms with Gasteiger partial charge in [-0.1, -0.05) is 6.92 Å². The molecule has 0 saturated carbocycles. The molecule has 72 valence electrons. The maximum absolute atomic E-state index is 11.9. The largest absolute Gasteiger partial charge is 0.472 e. The molecule has 2 aromatic heterocycles. The van der Waals surface area contributed by atoms with Crippen LogP contribution in [0.3, 0.4) is 0 Å². The van der Waals surface area contributed by atoms with Crippen molar-refractivity contribution < 1.29 is 9.21 Å². The van der Waals surface area contributed by atoms with E-state index < -0.39 is 0 Å². The van der Waals surface area contributed by atoms with Crippen molar-refractivity contribution in [1.29, 1.82) is 0 Å². The predicted molar refractivity (Wildman–Crippen MR) is 55.8 cm³/mol. The molecule has 0 saturated heterocycles. The highest BCUT2D eigenvalue weighted by Gasteiger charge is 2.14. The van der Waals surface area contributed by atoms with Gasteiger partial charge >= 0.3 is 0 Å². The number of carbonyl (C=O) groups is 1. The lowest BCUT2D eigenvalue weighted by Crippen LogP contribution is -1.99. The zero-order valence-electron chi connectivity index (χ0n) is 7.82. The van der Waals surface area contributed by atoms with Crippen LogP contribution in [0.25, 0.3) is 0 Å². The molecule has 0 amide bonds. The molecule has 2 aromatic rings. The molecule has 14 heavy (non-hydrogen) atoms. The Bertz CT molecular complexity index is 426. The standard InChI is InChI=1S/C11H10O2S/c1-2-8-4-6-14-11(8)10(12)9-3-5-13-7-9/h3-7H,2H2,1H3. The summed E-state index contributed by atoms with van der Waals surface area (Å²) in [6, 6.07) is 3.69. The first-order chi connectivity index (χ1) is 6.83. The van der Waals surface area contributed by atoms with Crippen LogP contribution in [0.4, 0.5) is 0 Å². The molecule has 2 heterocycles. The van der Waals surface area contributed by atoms with E-state index in [1.54, 1.807) is 6.07 Å². The van der Waals surface area contributed by atoms with Crippen LogP contribution in [0.1, 0.15) is 27.7 Å². The van der Waals surface area contributed by atoms with E-state index in [2.05, 4.69) is 0 Å². The Hall–Kier alpha value is -1.35.